The molecule has 3 aromatic rings. The number of benzene rings is 2. The largest absolute Gasteiger partial charge is 0.491 e. The normalized spacial score (nSPS) is 15.8. The van der Waals surface area contributed by atoms with Crippen LogP contribution in [-0.4, -0.2) is 47.9 Å². The number of hydrogen-bond acceptors (Lipinski definition) is 4. The van der Waals surface area contributed by atoms with Gasteiger partial charge in [-0.25, -0.2) is 4.39 Å². The van der Waals surface area contributed by atoms with Crippen LogP contribution < -0.4 is 4.74 Å². The van der Waals surface area contributed by atoms with E-state index in [0.717, 1.165) is 18.4 Å². The van der Waals surface area contributed by atoms with E-state index in [9.17, 15) is 14.0 Å². The van der Waals surface area contributed by atoms with E-state index < -0.39 is 11.7 Å². The lowest BCUT2D eigenvalue weighted by atomic mass is 10.00. The van der Waals surface area contributed by atoms with Gasteiger partial charge < -0.3 is 14.5 Å². The first-order chi connectivity index (χ1) is 17.4. The van der Waals surface area contributed by atoms with Gasteiger partial charge in [0.25, 0.3) is 5.91 Å². The fraction of sp³-hybridized carbons (Fsp3) is 0.357. The average Bonchev–Trinajstić information content (AvgIpc) is 3.36. The van der Waals surface area contributed by atoms with Gasteiger partial charge in [0.05, 0.1) is 11.6 Å². The van der Waals surface area contributed by atoms with E-state index in [1.54, 1.807) is 52.6 Å². The predicted molar refractivity (Wildman–Crippen MR) is 141 cm³/mol. The van der Waals surface area contributed by atoms with Crippen LogP contribution in [0.25, 0.3) is 0 Å². The van der Waals surface area contributed by atoms with Crippen LogP contribution in [0.3, 0.4) is 0 Å². The molecule has 0 bridgehead atoms. The zero-order chi connectivity index (χ0) is 25.7. The molecule has 2 aromatic carbocycles. The van der Waals surface area contributed by atoms with E-state index in [4.69, 9.17) is 16.3 Å². The Hall–Kier alpha value is -2.90. The average molecular weight is 529 g/mol. The Kier molecular flexibility index (Phi) is 8.64. The van der Waals surface area contributed by atoms with E-state index in [2.05, 4.69) is 0 Å². The van der Waals surface area contributed by atoms with E-state index in [-0.39, 0.29) is 36.6 Å². The lowest BCUT2D eigenvalue weighted by Gasteiger charge is -2.37. The molecule has 1 aliphatic rings. The molecular weight excluding hydrogens is 499 g/mol. The van der Waals surface area contributed by atoms with Gasteiger partial charge in [0.15, 0.2) is 0 Å². The Morgan fingerprint density at radius 3 is 2.67 bits per heavy atom. The Morgan fingerprint density at radius 2 is 1.94 bits per heavy atom. The third-order valence-corrected chi connectivity index (χ3v) is 7.83. The summed E-state index contributed by atoms with van der Waals surface area (Å²) >= 11 is 7.67. The minimum absolute atomic E-state index is 0.0185. The van der Waals surface area contributed by atoms with Crippen molar-refractivity contribution in [2.45, 2.75) is 32.7 Å². The van der Waals surface area contributed by atoms with Crippen molar-refractivity contribution in [1.29, 1.82) is 0 Å². The summed E-state index contributed by atoms with van der Waals surface area (Å²) in [5, 5.41) is 2.66. The molecule has 0 fully saturated rings. The van der Waals surface area contributed by atoms with Crippen LogP contribution in [0, 0.1) is 11.7 Å². The highest BCUT2D eigenvalue weighted by Crippen LogP contribution is 2.34. The van der Waals surface area contributed by atoms with Crippen LogP contribution in [-0.2, 0) is 11.2 Å². The minimum atomic E-state index is -0.584. The molecule has 4 rings (SSSR count). The summed E-state index contributed by atoms with van der Waals surface area (Å²) < 4.78 is 20.5. The van der Waals surface area contributed by atoms with Crippen LogP contribution in [0.1, 0.15) is 47.1 Å². The molecule has 1 aliphatic heterocycles. The second kappa shape index (κ2) is 11.9. The second-order valence-corrected chi connectivity index (χ2v) is 10.5. The number of carbonyl (C=O) groups excluding carboxylic acids is 2. The minimum Gasteiger partial charge on any atom is -0.491 e. The summed E-state index contributed by atoms with van der Waals surface area (Å²) in [6.07, 6.45) is 1.59. The Bertz CT molecular complexity index is 1200. The number of carbonyl (C=O) groups is 2. The summed E-state index contributed by atoms with van der Waals surface area (Å²) in [5.41, 5.74) is 1.05. The molecule has 1 aromatic heterocycles. The van der Waals surface area contributed by atoms with Crippen molar-refractivity contribution < 1.29 is 18.7 Å². The molecule has 0 saturated carbocycles. The first-order valence-corrected chi connectivity index (χ1v) is 13.4. The van der Waals surface area contributed by atoms with Crippen molar-refractivity contribution in [2.75, 3.05) is 26.2 Å². The molecular formula is C28H30ClFN2O3S. The number of thiophene rings is 1. The SMILES string of the molecule is CC[C@H](C)CN(CC(=O)N1CCc2sccc2[C@@H]1COc1ccc(Cl)cc1)C(=O)c1ccccc1F. The molecule has 2 amide bonds. The number of ether oxygens (including phenoxy) is 1. The van der Waals surface area contributed by atoms with Crippen molar-refractivity contribution in [3.8, 4) is 5.75 Å². The van der Waals surface area contributed by atoms with E-state index >= 15 is 0 Å². The van der Waals surface area contributed by atoms with E-state index in [0.29, 0.717) is 23.9 Å². The topological polar surface area (TPSA) is 49.9 Å². The van der Waals surface area contributed by atoms with Gasteiger partial charge in [-0.2, -0.15) is 0 Å². The third kappa shape index (κ3) is 6.08. The highest BCUT2D eigenvalue weighted by molar-refractivity contribution is 7.10. The van der Waals surface area contributed by atoms with Crippen LogP contribution >= 0.6 is 22.9 Å². The van der Waals surface area contributed by atoms with Gasteiger partial charge in [0.2, 0.25) is 5.91 Å². The van der Waals surface area contributed by atoms with Crippen LogP contribution in [0.15, 0.2) is 60.0 Å². The maximum absolute atomic E-state index is 14.4. The second-order valence-electron chi connectivity index (χ2n) is 9.10. The van der Waals surface area contributed by atoms with Gasteiger partial charge >= 0.3 is 0 Å². The zero-order valence-corrected chi connectivity index (χ0v) is 22.0. The molecule has 36 heavy (non-hydrogen) atoms. The first kappa shape index (κ1) is 26.2. The van der Waals surface area contributed by atoms with Crippen molar-refractivity contribution in [3.05, 3.63) is 86.8 Å². The number of rotatable bonds is 9. The lowest BCUT2D eigenvalue weighted by Crippen LogP contribution is -2.48. The standard InChI is InChI=1S/C28H30ClFN2O3S/c1-3-19(2)16-31(28(34)22-6-4-5-7-24(22)30)17-27(33)32-14-12-26-23(13-15-36-26)25(32)18-35-21-10-8-20(29)9-11-21/h4-11,13,15,19,25H,3,12,14,16-18H2,1-2H3/t19-,25-/m0/s1. The molecule has 0 aliphatic carbocycles. The Labute approximate surface area is 220 Å². The molecule has 0 saturated heterocycles. The Balaban J connectivity index is 1.55. The van der Waals surface area contributed by atoms with E-state index in [1.165, 1.54) is 21.9 Å². The van der Waals surface area contributed by atoms with Crippen molar-refractivity contribution in [2.24, 2.45) is 5.92 Å². The highest BCUT2D eigenvalue weighted by Gasteiger charge is 2.34. The quantitative estimate of drug-likeness (QED) is 0.330. The van der Waals surface area contributed by atoms with Gasteiger partial charge in [-0.15, -0.1) is 11.3 Å². The van der Waals surface area contributed by atoms with Crippen LogP contribution in [0.5, 0.6) is 5.75 Å². The molecule has 2 atom stereocenters. The number of halogens is 2. The van der Waals surface area contributed by atoms with E-state index in [1.807, 2.05) is 25.3 Å². The maximum Gasteiger partial charge on any atom is 0.257 e. The van der Waals surface area contributed by atoms with Gasteiger partial charge in [-0.3, -0.25) is 9.59 Å². The maximum atomic E-state index is 14.4. The molecule has 0 unspecified atom stereocenters. The van der Waals surface area contributed by atoms with Gasteiger partial charge in [-0.1, -0.05) is 44.0 Å². The van der Waals surface area contributed by atoms with Crippen LogP contribution in [0.2, 0.25) is 5.02 Å². The number of amides is 2. The summed E-state index contributed by atoms with van der Waals surface area (Å²) in [6.45, 7) is 5.13. The van der Waals surface area contributed by atoms with Gasteiger partial charge in [-0.05, 0) is 65.7 Å². The molecule has 8 heteroatoms. The lowest BCUT2D eigenvalue weighted by molar-refractivity contribution is -0.135. The molecule has 0 radical (unpaired) electrons. The van der Waals surface area contributed by atoms with Crippen molar-refractivity contribution in [3.63, 3.8) is 0 Å². The number of fused-ring (bicyclic) bond motifs is 1. The molecule has 0 N–H and O–H groups in total. The monoisotopic (exact) mass is 528 g/mol. The number of hydrogen-bond donors (Lipinski definition) is 0. The van der Waals surface area contributed by atoms with Gasteiger partial charge in [0, 0.05) is 23.0 Å². The summed E-state index contributed by atoms with van der Waals surface area (Å²) in [6, 6.07) is 14.8. The third-order valence-electron chi connectivity index (χ3n) is 6.58. The fourth-order valence-electron chi connectivity index (χ4n) is 4.36. The fourth-order valence-corrected chi connectivity index (χ4v) is 5.42. The highest BCUT2D eigenvalue weighted by atomic mass is 35.5. The summed E-state index contributed by atoms with van der Waals surface area (Å²) in [4.78, 5) is 31.5. The molecule has 0 spiro atoms. The molecule has 2 heterocycles. The molecule has 190 valence electrons. The van der Waals surface area contributed by atoms with Crippen molar-refractivity contribution >= 4 is 34.8 Å². The number of nitrogens with zero attached hydrogens (tertiary/aromatic N) is 2. The Morgan fingerprint density at radius 1 is 1.19 bits per heavy atom. The van der Waals surface area contributed by atoms with Gasteiger partial charge in [0.1, 0.15) is 24.7 Å². The molecule has 5 nitrogen and oxygen atoms in total. The smallest absolute Gasteiger partial charge is 0.257 e. The first-order valence-electron chi connectivity index (χ1n) is 12.1. The summed E-state index contributed by atoms with van der Waals surface area (Å²) in [7, 11) is 0. The summed E-state index contributed by atoms with van der Waals surface area (Å²) in [5.74, 6) is -0.391. The van der Waals surface area contributed by atoms with Crippen molar-refractivity contribution in [1.82, 2.24) is 9.80 Å². The predicted octanol–water partition coefficient (Wildman–Crippen LogP) is 6.23. The van der Waals surface area contributed by atoms with Crippen LogP contribution in [0.4, 0.5) is 4.39 Å². The zero-order valence-electron chi connectivity index (χ0n) is 20.5.